The first-order valence-electron chi connectivity index (χ1n) is 16.9. The molecule has 250 valence electrons. The molecule has 1 aromatic heterocycles. The molecule has 0 bridgehead atoms. The van der Waals surface area contributed by atoms with Crippen molar-refractivity contribution in [2.75, 3.05) is 43.0 Å². The third-order valence-electron chi connectivity index (χ3n) is 9.10. The van der Waals surface area contributed by atoms with Crippen LogP contribution >= 0.6 is 0 Å². The molecule has 0 amide bonds. The Hall–Kier alpha value is -5.47. The molecule has 2 aliphatic heterocycles. The van der Waals surface area contributed by atoms with E-state index in [9.17, 15) is 9.59 Å². The number of anilines is 2. The zero-order chi connectivity index (χ0) is 34.2. The highest BCUT2D eigenvalue weighted by Crippen LogP contribution is 2.45. The lowest BCUT2D eigenvalue weighted by Crippen LogP contribution is -2.49. The number of hydrogen-bond acceptors (Lipinski definition) is 7. The van der Waals surface area contributed by atoms with E-state index >= 15 is 0 Å². The highest BCUT2D eigenvalue weighted by molar-refractivity contribution is 5.94. The first kappa shape index (κ1) is 33.4. The number of esters is 1. The predicted octanol–water partition coefficient (Wildman–Crippen LogP) is 7.18. The number of fused-ring (bicyclic) bond motifs is 1. The zero-order valence-corrected chi connectivity index (χ0v) is 28.2. The summed E-state index contributed by atoms with van der Waals surface area (Å²) in [5, 5.41) is 3.46. The van der Waals surface area contributed by atoms with Crippen LogP contribution < -0.4 is 15.9 Å². The molecule has 1 fully saturated rings. The van der Waals surface area contributed by atoms with Crippen molar-refractivity contribution >= 4 is 17.6 Å². The molecule has 3 heterocycles. The molecule has 0 radical (unpaired) electrons. The summed E-state index contributed by atoms with van der Waals surface area (Å²) in [6.45, 7) is 10.5. The van der Waals surface area contributed by atoms with Crippen molar-refractivity contribution in [1.82, 2.24) is 14.5 Å². The molecule has 2 aliphatic rings. The van der Waals surface area contributed by atoms with E-state index in [1.165, 1.54) is 11.1 Å². The summed E-state index contributed by atoms with van der Waals surface area (Å²) < 4.78 is 7.21. The Bertz CT molecular complexity index is 1870. The topological polar surface area (TPSA) is 79.7 Å². The number of ether oxygens (including phenoxy) is 1. The Kier molecular flexibility index (Phi) is 10.7. The number of carbonyl (C=O) groups is 1. The SMILES string of the molecule is C=C/C=C\C=C/CC1C(C(=O)OCC)=C(C)Nc2c1c(N1CCN(C(c3ccccc3)c3ccccc3)CC1)nc(=O)n2-c1ccccc1. The number of aromatic nitrogens is 2. The van der Waals surface area contributed by atoms with Crippen molar-refractivity contribution in [2.45, 2.75) is 32.2 Å². The molecule has 0 spiro atoms. The summed E-state index contributed by atoms with van der Waals surface area (Å²) in [6, 6.07) is 30.8. The van der Waals surface area contributed by atoms with Gasteiger partial charge in [0, 0.05) is 43.4 Å². The minimum Gasteiger partial charge on any atom is -0.463 e. The maximum absolute atomic E-state index is 14.0. The molecule has 1 saturated heterocycles. The van der Waals surface area contributed by atoms with Gasteiger partial charge in [-0.15, -0.1) is 0 Å². The maximum atomic E-state index is 14.0. The Balaban J connectivity index is 1.43. The second-order valence-corrected chi connectivity index (χ2v) is 12.1. The molecule has 1 unspecified atom stereocenters. The summed E-state index contributed by atoms with van der Waals surface area (Å²) in [6.07, 6.45) is 9.99. The van der Waals surface area contributed by atoms with Crippen LogP contribution in [0.15, 0.2) is 144 Å². The number of nitrogens with zero attached hydrogens (tertiary/aromatic N) is 4. The number of rotatable bonds is 11. The van der Waals surface area contributed by atoms with Crippen molar-refractivity contribution in [1.29, 1.82) is 0 Å². The fraction of sp³-hybridized carbons (Fsp3) is 0.244. The van der Waals surface area contributed by atoms with Crippen LogP contribution in [-0.4, -0.2) is 53.2 Å². The first-order valence-corrected chi connectivity index (χ1v) is 16.9. The van der Waals surface area contributed by atoms with Crippen LogP contribution in [0.3, 0.4) is 0 Å². The zero-order valence-electron chi connectivity index (χ0n) is 28.2. The first-order chi connectivity index (χ1) is 24.0. The molecule has 0 aliphatic carbocycles. The molecule has 1 N–H and O–H groups in total. The van der Waals surface area contributed by atoms with E-state index in [1.807, 2.05) is 80.6 Å². The Morgan fingerprint density at radius 2 is 1.53 bits per heavy atom. The average molecular weight is 654 g/mol. The van der Waals surface area contributed by atoms with Gasteiger partial charge in [0.25, 0.3) is 0 Å². The summed E-state index contributed by atoms with van der Waals surface area (Å²) in [5.74, 6) is 0.450. The Morgan fingerprint density at radius 1 is 0.918 bits per heavy atom. The highest BCUT2D eigenvalue weighted by atomic mass is 16.5. The summed E-state index contributed by atoms with van der Waals surface area (Å²) >= 11 is 0. The van der Waals surface area contributed by atoms with Gasteiger partial charge in [-0.05, 0) is 43.5 Å². The third-order valence-corrected chi connectivity index (χ3v) is 9.10. The molecular weight excluding hydrogens is 610 g/mol. The molecular formula is C41H43N5O3. The standard InChI is InChI=1S/C41H43N5O3/c1-4-6-7-8-18-25-34-35(40(47)49-5-2)30(3)42-39-36(34)38(43-41(48)46(39)33-23-16-11-17-24-33)45-28-26-44(27-29-45)37(31-19-12-9-13-20-31)32-21-14-10-15-22-32/h4,6-24,34,37,42H,1,5,25-29H2,2-3H3/b7-6-,18-8-. The predicted molar refractivity (Wildman–Crippen MR) is 197 cm³/mol. The van der Waals surface area contributed by atoms with E-state index in [1.54, 1.807) is 10.6 Å². The highest BCUT2D eigenvalue weighted by Gasteiger charge is 2.38. The van der Waals surface area contributed by atoms with Crippen LogP contribution in [0.1, 0.15) is 48.9 Å². The smallest absolute Gasteiger partial charge is 0.355 e. The van der Waals surface area contributed by atoms with Gasteiger partial charge in [0.05, 0.1) is 23.9 Å². The summed E-state index contributed by atoms with van der Waals surface area (Å²) in [5.41, 5.74) is 4.81. The molecule has 8 nitrogen and oxygen atoms in total. The lowest BCUT2D eigenvalue weighted by Gasteiger charge is -2.42. The maximum Gasteiger partial charge on any atom is 0.355 e. The van der Waals surface area contributed by atoms with Crippen LogP contribution in [0.5, 0.6) is 0 Å². The van der Waals surface area contributed by atoms with E-state index < -0.39 is 5.92 Å². The van der Waals surface area contributed by atoms with E-state index in [0.29, 0.717) is 48.1 Å². The van der Waals surface area contributed by atoms with Crippen LogP contribution in [-0.2, 0) is 9.53 Å². The number of carbonyl (C=O) groups excluding carboxylic acids is 1. The average Bonchev–Trinajstić information content (AvgIpc) is 3.13. The minimum atomic E-state index is -0.402. The molecule has 49 heavy (non-hydrogen) atoms. The summed E-state index contributed by atoms with van der Waals surface area (Å²) in [7, 11) is 0. The van der Waals surface area contributed by atoms with Crippen LogP contribution in [0.4, 0.5) is 11.6 Å². The number of para-hydroxylation sites is 1. The van der Waals surface area contributed by atoms with Gasteiger partial charge in [-0.25, -0.2) is 14.2 Å². The molecule has 6 rings (SSSR count). The van der Waals surface area contributed by atoms with Crippen LogP contribution in [0.25, 0.3) is 5.69 Å². The van der Waals surface area contributed by atoms with Gasteiger partial charge in [0.15, 0.2) is 0 Å². The van der Waals surface area contributed by atoms with Gasteiger partial charge in [-0.3, -0.25) is 4.90 Å². The normalized spacial score (nSPS) is 16.6. The number of benzene rings is 3. The molecule has 8 heteroatoms. The number of nitrogens with one attached hydrogen (secondary N) is 1. The number of allylic oxidation sites excluding steroid dienone is 6. The van der Waals surface area contributed by atoms with E-state index in [4.69, 9.17) is 9.72 Å². The van der Waals surface area contributed by atoms with Crippen LogP contribution in [0, 0.1) is 0 Å². The molecule has 0 saturated carbocycles. The lowest BCUT2D eigenvalue weighted by molar-refractivity contribution is -0.138. The second kappa shape index (κ2) is 15.6. The Morgan fingerprint density at radius 3 is 2.12 bits per heavy atom. The fourth-order valence-electron chi connectivity index (χ4n) is 6.93. The second-order valence-electron chi connectivity index (χ2n) is 12.1. The largest absolute Gasteiger partial charge is 0.463 e. The monoisotopic (exact) mass is 653 g/mol. The lowest BCUT2D eigenvalue weighted by atomic mass is 9.84. The minimum absolute atomic E-state index is 0.0988. The van der Waals surface area contributed by atoms with E-state index in [-0.39, 0.29) is 24.3 Å². The Labute approximate surface area is 288 Å². The molecule has 3 aromatic carbocycles. The van der Waals surface area contributed by atoms with Gasteiger partial charge in [-0.1, -0.05) is 116 Å². The van der Waals surface area contributed by atoms with Gasteiger partial charge in [0.1, 0.15) is 11.6 Å². The van der Waals surface area contributed by atoms with Crippen molar-refractivity contribution in [2.24, 2.45) is 0 Å². The van der Waals surface area contributed by atoms with Crippen molar-refractivity contribution in [3.05, 3.63) is 166 Å². The third kappa shape index (κ3) is 7.20. The van der Waals surface area contributed by atoms with Gasteiger partial charge < -0.3 is 15.0 Å². The molecule has 4 aromatic rings. The van der Waals surface area contributed by atoms with E-state index in [2.05, 4.69) is 70.2 Å². The number of hydrogen-bond donors (Lipinski definition) is 1. The fourth-order valence-corrected chi connectivity index (χ4v) is 6.93. The summed E-state index contributed by atoms with van der Waals surface area (Å²) in [4.78, 5) is 37.1. The molecule has 1 atom stereocenters. The van der Waals surface area contributed by atoms with Gasteiger partial charge in [0.2, 0.25) is 0 Å². The van der Waals surface area contributed by atoms with E-state index in [0.717, 1.165) is 18.7 Å². The van der Waals surface area contributed by atoms with Crippen molar-refractivity contribution in [3.63, 3.8) is 0 Å². The number of piperazine rings is 1. The van der Waals surface area contributed by atoms with Crippen molar-refractivity contribution < 1.29 is 9.53 Å². The quantitative estimate of drug-likeness (QED) is 0.136. The van der Waals surface area contributed by atoms with Crippen molar-refractivity contribution in [3.8, 4) is 5.69 Å². The van der Waals surface area contributed by atoms with Gasteiger partial charge >= 0.3 is 11.7 Å². The van der Waals surface area contributed by atoms with Crippen LogP contribution in [0.2, 0.25) is 0 Å². The van der Waals surface area contributed by atoms with Gasteiger partial charge in [-0.2, -0.15) is 4.98 Å².